The van der Waals surface area contributed by atoms with Gasteiger partial charge in [-0.15, -0.1) is 0 Å². The van der Waals surface area contributed by atoms with Crippen molar-refractivity contribution in [2.24, 2.45) is 0 Å². The molecule has 0 N–H and O–H groups in total. The molecule has 0 saturated carbocycles. The van der Waals surface area contributed by atoms with Gasteiger partial charge in [-0.05, 0) is 13.0 Å². The van der Waals surface area contributed by atoms with Crippen LogP contribution in [0.3, 0.4) is 0 Å². The second-order valence-corrected chi connectivity index (χ2v) is 2.81. The molecule has 0 atom stereocenters. The van der Waals surface area contributed by atoms with Gasteiger partial charge in [0.15, 0.2) is 0 Å². The molecule has 0 aliphatic heterocycles. The van der Waals surface area contributed by atoms with Crippen molar-refractivity contribution in [3.8, 4) is 0 Å². The fourth-order valence-corrected chi connectivity index (χ4v) is 1.30. The molecule has 1 aromatic carbocycles. The Labute approximate surface area is 81.1 Å². The van der Waals surface area contributed by atoms with Crippen LogP contribution in [-0.2, 0) is 4.74 Å². The van der Waals surface area contributed by atoms with Crippen LogP contribution < -0.4 is 0 Å². The largest absolute Gasteiger partial charge is 0.448 e. The zero-order valence-electron chi connectivity index (χ0n) is 7.80. The van der Waals surface area contributed by atoms with Crippen LogP contribution in [-0.4, -0.2) is 22.5 Å². The van der Waals surface area contributed by atoms with E-state index in [1.807, 2.05) is 24.3 Å². The molecule has 2 aromatic rings. The molecule has 1 heterocycles. The Morgan fingerprint density at radius 1 is 1.50 bits per heavy atom. The van der Waals surface area contributed by atoms with Crippen LogP contribution >= 0.6 is 0 Å². The number of hydrogen-bond donors (Lipinski definition) is 0. The zero-order chi connectivity index (χ0) is 9.97. The number of nitrogens with zero attached hydrogens (tertiary/aromatic N) is 2. The maximum Gasteiger partial charge on any atom is 0.435 e. The molecule has 0 fully saturated rings. The van der Waals surface area contributed by atoms with E-state index in [0.717, 1.165) is 10.9 Å². The quantitative estimate of drug-likeness (QED) is 0.691. The molecule has 4 nitrogen and oxygen atoms in total. The third-order valence-electron chi connectivity index (χ3n) is 1.92. The molecule has 0 unspecified atom stereocenters. The van der Waals surface area contributed by atoms with Gasteiger partial charge in [0.1, 0.15) is 0 Å². The summed E-state index contributed by atoms with van der Waals surface area (Å²) in [6.45, 7) is 2.12. The van der Waals surface area contributed by atoms with Gasteiger partial charge in [0.25, 0.3) is 0 Å². The Bertz CT molecular complexity index is 462. The van der Waals surface area contributed by atoms with Gasteiger partial charge >= 0.3 is 6.09 Å². The summed E-state index contributed by atoms with van der Waals surface area (Å²) in [5, 5.41) is 4.89. The van der Waals surface area contributed by atoms with Crippen LogP contribution in [0.25, 0.3) is 10.9 Å². The minimum absolute atomic E-state index is 0.354. The lowest BCUT2D eigenvalue weighted by atomic mass is 10.3. The van der Waals surface area contributed by atoms with E-state index in [1.54, 1.807) is 13.1 Å². The van der Waals surface area contributed by atoms with E-state index in [-0.39, 0.29) is 0 Å². The summed E-state index contributed by atoms with van der Waals surface area (Å²) < 4.78 is 6.12. The summed E-state index contributed by atoms with van der Waals surface area (Å²) in [7, 11) is 0. The first-order valence-electron chi connectivity index (χ1n) is 4.43. The second kappa shape index (κ2) is 3.49. The van der Waals surface area contributed by atoms with Gasteiger partial charge in [-0.2, -0.15) is 9.78 Å². The number of carbonyl (C=O) groups excluding carboxylic acids is 1. The zero-order valence-corrected chi connectivity index (χ0v) is 7.80. The number of carbonyl (C=O) groups is 1. The topological polar surface area (TPSA) is 44.1 Å². The molecule has 0 bridgehead atoms. The van der Waals surface area contributed by atoms with Gasteiger partial charge in [0.05, 0.1) is 18.3 Å². The molecule has 4 heteroatoms. The molecule has 0 radical (unpaired) electrons. The lowest BCUT2D eigenvalue weighted by molar-refractivity contribution is 0.151. The summed E-state index contributed by atoms with van der Waals surface area (Å²) >= 11 is 0. The predicted molar refractivity (Wildman–Crippen MR) is 52.2 cm³/mol. The van der Waals surface area contributed by atoms with Crippen molar-refractivity contribution in [2.45, 2.75) is 6.92 Å². The number of para-hydroxylation sites is 1. The number of benzene rings is 1. The number of fused-ring (bicyclic) bond motifs is 1. The normalized spacial score (nSPS) is 10.4. The first-order chi connectivity index (χ1) is 6.83. The molecule has 0 amide bonds. The lowest BCUT2D eigenvalue weighted by Crippen LogP contribution is -2.14. The second-order valence-electron chi connectivity index (χ2n) is 2.81. The third kappa shape index (κ3) is 1.35. The van der Waals surface area contributed by atoms with Gasteiger partial charge in [0, 0.05) is 5.39 Å². The predicted octanol–water partition coefficient (Wildman–Crippen LogP) is 2.04. The highest BCUT2D eigenvalue weighted by Crippen LogP contribution is 2.12. The highest BCUT2D eigenvalue weighted by Gasteiger charge is 2.09. The Kier molecular flexibility index (Phi) is 2.18. The highest BCUT2D eigenvalue weighted by atomic mass is 16.5. The van der Waals surface area contributed by atoms with Gasteiger partial charge < -0.3 is 4.74 Å². The average Bonchev–Trinajstić information content (AvgIpc) is 2.61. The standard InChI is InChI=1S/C10H10N2O2/c1-2-14-10(13)12-9-6-4-3-5-8(9)7-11-12/h3-7H,2H2,1H3. The SMILES string of the molecule is CCOC(=O)n1ncc2ccccc21. The first kappa shape index (κ1) is 8.74. The summed E-state index contributed by atoms with van der Waals surface area (Å²) in [6.07, 6.45) is 1.21. The minimum Gasteiger partial charge on any atom is -0.448 e. The molecule has 1 aromatic heterocycles. The van der Waals surface area contributed by atoms with Crippen LogP contribution in [0.1, 0.15) is 6.92 Å². The molecule has 2 rings (SSSR count). The number of rotatable bonds is 1. The van der Waals surface area contributed by atoms with E-state index in [4.69, 9.17) is 4.74 Å². The smallest absolute Gasteiger partial charge is 0.435 e. The monoisotopic (exact) mass is 190 g/mol. The summed E-state index contributed by atoms with van der Waals surface area (Å²) in [5.74, 6) is 0. The molecular weight excluding hydrogens is 180 g/mol. The summed E-state index contributed by atoms with van der Waals surface area (Å²) in [4.78, 5) is 11.4. The van der Waals surface area contributed by atoms with Crippen molar-refractivity contribution in [3.63, 3.8) is 0 Å². The summed E-state index contributed by atoms with van der Waals surface area (Å²) in [5.41, 5.74) is 0.769. The maximum atomic E-state index is 11.4. The number of ether oxygens (including phenoxy) is 1. The van der Waals surface area contributed by atoms with Crippen molar-refractivity contribution in [2.75, 3.05) is 6.61 Å². The molecule has 0 aliphatic carbocycles. The minimum atomic E-state index is -0.436. The van der Waals surface area contributed by atoms with Crippen molar-refractivity contribution in [1.82, 2.24) is 9.78 Å². The van der Waals surface area contributed by atoms with E-state index in [0.29, 0.717) is 6.61 Å². The fraction of sp³-hybridized carbons (Fsp3) is 0.200. The van der Waals surface area contributed by atoms with E-state index in [1.165, 1.54) is 4.68 Å². The Balaban J connectivity index is 2.47. The Morgan fingerprint density at radius 2 is 2.29 bits per heavy atom. The van der Waals surface area contributed by atoms with Crippen molar-refractivity contribution in [3.05, 3.63) is 30.5 Å². The maximum absolute atomic E-state index is 11.4. The summed E-state index contributed by atoms with van der Waals surface area (Å²) in [6, 6.07) is 7.50. The molecule has 0 saturated heterocycles. The molecule has 0 spiro atoms. The van der Waals surface area contributed by atoms with Crippen LogP contribution in [0.15, 0.2) is 30.5 Å². The number of hydrogen-bond acceptors (Lipinski definition) is 3. The van der Waals surface area contributed by atoms with Gasteiger partial charge in [-0.3, -0.25) is 0 Å². The van der Waals surface area contributed by atoms with Gasteiger partial charge in [-0.25, -0.2) is 4.79 Å². The Morgan fingerprint density at radius 3 is 3.07 bits per heavy atom. The highest BCUT2D eigenvalue weighted by molar-refractivity contribution is 5.87. The third-order valence-corrected chi connectivity index (χ3v) is 1.92. The van der Waals surface area contributed by atoms with Crippen molar-refractivity contribution < 1.29 is 9.53 Å². The fourth-order valence-electron chi connectivity index (χ4n) is 1.30. The molecule has 14 heavy (non-hydrogen) atoms. The number of aromatic nitrogens is 2. The van der Waals surface area contributed by atoms with Gasteiger partial charge in [0.2, 0.25) is 0 Å². The van der Waals surface area contributed by atoms with Gasteiger partial charge in [-0.1, -0.05) is 18.2 Å². The molecular formula is C10H10N2O2. The van der Waals surface area contributed by atoms with E-state index < -0.39 is 6.09 Å². The molecule has 0 aliphatic rings. The first-order valence-corrected chi connectivity index (χ1v) is 4.43. The average molecular weight is 190 g/mol. The van der Waals surface area contributed by atoms with E-state index in [9.17, 15) is 4.79 Å². The van der Waals surface area contributed by atoms with E-state index in [2.05, 4.69) is 5.10 Å². The van der Waals surface area contributed by atoms with Crippen LogP contribution in [0.5, 0.6) is 0 Å². The van der Waals surface area contributed by atoms with Crippen molar-refractivity contribution in [1.29, 1.82) is 0 Å². The molecule has 72 valence electrons. The van der Waals surface area contributed by atoms with Crippen molar-refractivity contribution >= 4 is 17.0 Å². The van der Waals surface area contributed by atoms with Crippen LogP contribution in [0, 0.1) is 0 Å². The van der Waals surface area contributed by atoms with E-state index >= 15 is 0 Å². The van der Waals surface area contributed by atoms with Crippen LogP contribution in [0.4, 0.5) is 4.79 Å². The Hall–Kier alpha value is -1.84. The van der Waals surface area contributed by atoms with Crippen LogP contribution in [0.2, 0.25) is 0 Å². The lowest BCUT2D eigenvalue weighted by Gasteiger charge is -2.01.